The number of aliphatic hydroxyl groups is 1. The number of aliphatic hydroxyl groups excluding tert-OH is 1. The molecule has 1 unspecified atom stereocenters. The number of carbonyl (C=O) groups excluding carboxylic acids is 1. The molecule has 122 valence electrons. The molecular weight excluding hydrogens is 296 g/mol. The number of thioether (sulfide) groups is 1. The normalized spacial score (nSPS) is 18.3. The highest BCUT2D eigenvalue weighted by molar-refractivity contribution is 8.01. The lowest BCUT2D eigenvalue weighted by Gasteiger charge is -2.29. The Morgan fingerprint density at radius 2 is 2.05 bits per heavy atom. The van der Waals surface area contributed by atoms with Crippen LogP contribution in [0.2, 0.25) is 0 Å². The summed E-state index contributed by atoms with van der Waals surface area (Å²) in [5.41, 5.74) is -0.345. The molecule has 0 bridgehead atoms. The summed E-state index contributed by atoms with van der Waals surface area (Å²) in [6.07, 6.45) is 3.63. The first-order valence-corrected chi connectivity index (χ1v) is 8.73. The topological polar surface area (TPSA) is 61.4 Å². The Balaban J connectivity index is 1.81. The number of carbonyl (C=O) groups is 1. The minimum Gasteiger partial charge on any atom is -0.396 e. The molecule has 1 aliphatic rings. The molecule has 0 aliphatic heterocycles. The summed E-state index contributed by atoms with van der Waals surface area (Å²) in [4.78, 5) is 13.4. The number of hydrogen-bond acceptors (Lipinski definition) is 3. The highest BCUT2D eigenvalue weighted by Crippen LogP contribution is 2.51. The van der Waals surface area contributed by atoms with Crippen molar-refractivity contribution in [3.05, 3.63) is 30.3 Å². The summed E-state index contributed by atoms with van der Waals surface area (Å²) < 4.78 is 0.151. The zero-order valence-corrected chi connectivity index (χ0v) is 14.2. The SMILES string of the molecule is CCC(C)(CCO)NC(=O)NCC1(Sc2ccccc2)CC1. The van der Waals surface area contributed by atoms with E-state index in [9.17, 15) is 4.79 Å². The molecule has 1 aromatic carbocycles. The standard InChI is InChI=1S/C17H26N2O2S/c1-3-16(2,11-12-20)19-15(21)18-13-17(9-10-17)22-14-7-5-4-6-8-14/h4-8,20H,3,9-13H2,1-2H3,(H2,18,19,21). The summed E-state index contributed by atoms with van der Waals surface area (Å²) in [6.45, 7) is 4.74. The van der Waals surface area contributed by atoms with Crippen LogP contribution in [0, 0.1) is 0 Å². The number of nitrogens with one attached hydrogen (secondary N) is 2. The van der Waals surface area contributed by atoms with E-state index in [1.54, 1.807) is 0 Å². The summed E-state index contributed by atoms with van der Waals surface area (Å²) in [7, 11) is 0. The number of rotatable bonds is 8. The second-order valence-corrected chi connectivity index (χ2v) is 7.84. The molecule has 0 radical (unpaired) electrons. The summed E-state index contributed by atoms with van der Waals surface area (Å²) in [6, 6.07) is 10.2. The molecular formula is C17H26N2O2S. The molecule has 22 heavy (non-hydrogen) atoms. The molecule has 1 atom stereocenters. The van der Waals surface area contributed by atoms with Crippen molar-refractivity contribution in [1.82, 2.24) is 10.6 Å². The van der Waals surface area contributed by atoms with Crippen LogP contribution < -0.4 is 10.6 Å². The Bertz CT molecular complexity index is 491. The average molecular weight is 322 g/mol. The van der Waals surface area contributed by atoms with Crippen molar-refractivity contribution in [2.24, 2.45) is 0 Å². The minimum absolute atomic E-state index is 0.0818. The van der Waals surface area contributed by atoms with Gasteiger partial charge in [-0.3, -0.25) is 0 Å². The van der Waals surface area contributed by atoms with Gasteiger partial charge in [0.2, 0.25) is 0 Å². The third-order valence-corrected chi connectivity index (χ3v) is 5.81. The van der Waals surface area contributed by atoms with E-state index in [1.807, 2.05) is 43.8 Å². The van der Waals surface area contributed by atoms with E-state index in [-0.39, 0.29) is 22.9 Å². The summed E-state index contributed by atoms with van der Waals surface area (Å²) in [5.74, 6) is 0. The lowest BCUT2D eigenvalue weighted by molar-refractivity contribution is 0.201. The summed E-state index contributed by atoms with van der Waals surface area (Å²) >= 11 is 1.85. The molecule has 0 aromatic heterocycles. The van der Waals surface area contributed by atoms with Gasteiger partial charge in [-0.2, -0.15) is 0 Å². The summed E-state index contributed by atoms with van der Waals surface area (Å²) in [5, 5.41) is 15.1. The Morgan fingerprint density at radius 3 is 2.59 bits per heavy atom. The molecule has 5 heteroatoms. The van der Waals surface area contributed by atoms with E-state index in [2.05, 4.69) is 22.8 Å². The van der Waals surface area contributed by atoms with Gasteiger partial charge >= 0.3 is 6.03 Å². The molecule has 1 saturated carbocycles. The van der Waals surface area contributed by atoms with Gasteiger partial charge in [0.05, 0.1) is 0 Å². The molecule has 1 aromatic rings. The Hall–Kier alpha value is -1.20. The van der Waals surface area contributed by atoms with Gasteiger partial charge < -0.3 is 15.7 Å². The van der Waals surface area contributed by atoms with Gasteiger partial charge in [0.25, 0.3) is 0 Å². The van der Waals surface area contributed by atoms with Gasteiger partial charge in [-0.15, -0.1) is 11.8 Å². The predicted octanol–water partition coefficient (Wildman–Crippen LogP) is 3.16. The fraction of sp³-hybridized carbons (Fsp3) is 0.588. The van der Waals surface area contributed by atoms with Crippen molar-refractivity contribution in [3.8, 4) is 0 Å². The molecule has 3 N–H and O–H groups in total. The van der Waals surface area contributed by atoms with E-state index in [0.717, 1.165) is 19.3 Å². The van der Waals surface area contributed by atoms with Crippen LogP contribution in [0.1, 0.15) is 39.5 Å². The van der Waals surface area contributed by atoms with Crippen molar-refractivity contribution < 1.29 is 9.90 Å². The molecule has 0 heterocycles. The van der Waals surface area contributed by atoms with Crippen LogP contribution >= 0.6 is 11.8 Å². The average Bonchev–Trinajstić information content (AvgIpc) is 3.26. The maximum Gasteiger partial charge on any atom is 0.315 e. The first-order chi connectivity index (χ1) is 10.5. The van der Waals surface area contributed by atoms with Gasteiger partial charge in [-0.05, 0) is 44.7 Å². The third-order valence-electron chi connectivity index (χ3n) is 4.32. The van der Waals surface area contributed by atoms with Crippen LogP contribution in [0.4, 0.5) is 4.79 Å². The largest absolute Gasteiger partial charge is 0.396 e. The Kier molecular flexibility index (Phi) is 5.75. The molecule has 2 amide bonds. The fourth-order valence-electron chi connectivity index (χ4n) is 2.33. The van der Waals surface area contributed by atoms with E-state index in [0.29, 0.717) is 13.0 Å². The maximum absolute atomic E-state index is 12.1. The number of amides is 2. The van der Waals surface area contributed by atoms with Crippen molar-refractivity contribution in [2.45, 2.75) is 54.7 Å². The van der Waals surface area contributed by atoms with Crippen molar-refractivity contribution in [1.29, 1.82) is 0 Å². The van der Waals surface area contributed by atoms with Crippen molar-refractivity contribution in [2.75, 3.05) is 13.2 Å². The lowest BCUT2D eigenvalue weighted by atomic mass is 9.95. The van der Waals surface area contributed by atoms with Crippen LogP contribution in [0.25, 0.3) is 0 Å². The maximum atomic E-state index is 12.1. The quantitative estimate of drug-likeness (QED) is 0.689. The van der Waals surface area contributed by atoms with Crippen LogP contribution in [-0.2, 0) is 0 Å². The van der Waals surface area contributed by atoms with Crippen molar-refractivity contribution >= 4 is 17.8 Å². The fourth-order valence-corrected chi connectivity index (χ4v) is 3.57. The number of hydrogen-bond donors (Lipinski definition) is 3. The molecule has 2 rings (SSSR count). The van der Waals surface area contributed by atoms with Gasteiger partial charge in [0.15, 0.2) is 0 Å². The number of urea groups is 1. The zero-order chi connectivity index (χ0) is 16.1. The van der Waals surface area contributed by atoms with Crippen molar-refractivity contribution in [3.63, 3.8) is 0 Å². The second-order valence-electron chi connectivity index (χ2n) is 6.29. The highest BCUT2D eigenvalue weighted by Gasteiger charge is 2.44. The predicted molar refractivity (Wildman–Crippen MR) is 91.2 cm³/mol. The van der Waals surface area contributed by atoms with E-state index < -0.39 is 0 Å². The van der Waals surface area contributed by atoms with Gasteiger partial charge in [-0.25, -0.2) is 4.79 Å². The van der Waals surface area contributed by atoms with E-state index in [4.69, 9.17) is 5.11 Å². The smallest absolute Gasteiger partial charge is 0.315 e. The van der Waals surface area contributed by atoms with Gasteiger partial charge in [0, 0.05) is 28.3 Å². The first kappa shape index (κ1) is 17.2. The minimum atomic E-state index is -0.345. The van der Waals surface area contributed by atoms with Crippen LogP contribution in [0.3, 0.4) is 0 Å². The van der Waals surface area contributed by atoms with E-state index >= 15 is 0 Å². The Morgan fingerprint density at radius 1 is 1.36 bits per heavy atom. The monoisotopic (exact) mass is 322 g/mol. The van der Waals surface area contributed by atoms with Crippen LogP contribution in [0.15, 0.2) is 35.2 Å². The molecule has 0 spiro atoms. The van der Waals surface area contributed by atoms with E-state index in [1.165, 1.54) is 4.90 Å². The van der Waals surface area contributed by atoms with Gasteiger partial charge in [-0.1, -0.05) is 25.1 Å². The first-order valence-electron chi connectivity index (χ1n) is 7.92. The zero-order valence-electron chi connectivity index (χ0n) is 13.4. The van der Waals surface area contributed by atoms with Gasteiger partial charge in [0.1, 0.15) is 0 Å². The molecule has 0 saturated heterocycles. The molecule has 1 aliphatic carbocycles. The molecule has 1 fully saturated rings. The lowest BCUT2D eigenvalue weighted by Crippen LogP contribution is -2.51. The van der Waals surface area contributed by atoms with Crippen LogP contribution in [-0.4, -0.2) is 34.6 Å². The number of benzene rings is 1. The third kappa shape index (κ3) is 4.92. The second kappa shape index (κ2) is 7.38. The van der Waals surface area contributed by atoms with Crippen LogP contribution in [0.5, 0.6) is 0 Å². The highest BCUT2D eigenvalue weighted by atomic mass is 32.2. The Labute approximate surface area is 137 Å². The molecule has 4 nitrogen and oxygen atoms in total.